The maximum Gasteiger partial charge on any atom is 0.243 e. The highest BCUT2D eigenvalue weighted by Gasteiger charge is 2.39. The lowest BCUT2D eigenvalue weighted by molar-refractivity contribution is 0.281. The molecule has 0 bridgehead atoms. The second kappa shape index (κ2) is 9.85. The van der Waals surface area contributed by atoms with E-state index < -0.39 is 20.0 Å². The number of benzene rings is 2. The normalized spacial score (nSPS) is 19.8. The molecule has 1 saturated heterocycles. The lowest BCUT2D eigenvalue weighted by Crippen LogP contribution is -2.39. The molecule has 2 fully saturated rings. The second-order valence-electron chi connectivity index (χ2n) is 9.02. The Morgan fingerprint density at radius 2 is 1.62 bits per heavy atom. The van der Waals surface area contributed by atoms with Gasteiger partial charge in [0.25, 0.3) is 0 Å². The summed E-state index contributed by atoms with van der Waals surface area (Å²) in [6.45, 7) is 3.16. The molecule has 34 heavy (non-hydrogen) atoms. The molecule has 1 atom stereocenters. The Kier molecular flexibility index (Phi) is 7.23. The third-order valence-electron chi connectivity index (χ3n) is 6.45. The standard InChI is InChI=1S/C24H32N2O6S2/c1-18-6-5-15-25(16-18)33(27,28)21-11-13-22(14-12-21)34(29,30)26(20-9-10-20)17-19-7-4-8-23(31-2)24(19)32-3/h4,7-8,11-14,18,20H,5-6,9-10,15-17H2,1-3H3/t18-/m0/s1. The molecular formula is C24H32N2O6S2. The fourth-order valence-electron chi connectivity index (χ4n) is 4.45. The van der Waals surface area contributed by atoms with Gasteiger partial charge in [0, 0.05) is 31.2 Å². The molecule has 2 aromatic carbocycles. The highest BCUT2D eigenvalue weighted by molar-refractivity contribution is 7.89. The van der Waals surface area contributed by atoms with E-state index in [0.717, 1.165) is 25.7 Å². The lowest BCUT2D eigenvalue weighted by Gasteiger charge is -2.30. The molecule has 2 aromatic rings. The predicted octanol–water partition coefficient (Wildman–Crippen LogP) is 3.48. The summed E-state index contributed by atoms with van der Waals surface area (Å²) in [7, 11) is -4.43. The van der Waals surface area contributed by atoms with Crippen molar-refractivity contribution in [2.24, 2.45) is 5.92 Å². The zero-order valence-corrected chi connectivity index (χ0v) is 21.4. The number of para-hydroxylation sites is 1. The van der Waals surface area contributed by atoms with Crippen molar-refractivity contribution in [2.45, 2.75) is 55.0 Å². The van der Waals surface area contributed by atoms with Crippen molar-refractivity contribution < 1.29 is 26.3 Å². The summed E-state index contributed by atoms with van der Waals surface area (Å²) in [5.74, 6) is 1.35. The Morgan fingerprint density at radius 1 is 0.941 bits per heavy atom. The summed E-state index contributed by atoms with van der Waals surface area (Å²) < 4.78 is 67.1. The maximum absolute atomic E-state index is 13.6. The van der Waals surface area contributed by atoms with E-state index in [9.17, 15) is 16.8 Å². The van der Waals surface area contributed by atoms with Crippen molar-refractivity contribution in [1.29, 1.82) is 0 Å². The first-order chi connectivity index (χ1) is 16.2. The van der Waals surface area contributed by atoms with Gasteiger partial charge in [-0.3, -0.25) is 0 Å². The minimum atomic E-state index is -3.85. The molecule has 0 amide bonds. The Morgan fingerprint density at radius 3 is 2.21 bits per heavy atom. The van der Waals surface area contributed by atoms with Crippen molar-refractivity contribution in [3.63, 3.8) is 0 Å². The van der Waals surface area contributed by atoms with Gasteiger partial charge in [0.2, 0.25) is 20.0 Å². The molecule has 2 aliphatic rings. The summed E-state index contributed by atoms with van der Waals surface area (Å²) in [4.78, 5) is 0.195. The first-order valence-electron chi connectivity index (χ1n) is 11.5. The van der Waals surface area contributed by atoms with Gasteiger partial charge in [-0.05, 0) is 61.9 Å². The van der Waals surface area contributed by atoms with Crippen molar-refractivity contribution in [2.75, 3.05) is 27.3 Å². The summed E-state index contributed by atoms with van der Waals surface area (Å²) >= 11 is 0. The molecule has 8 nitrogen and oxygen atoms in total. The van der Waals surface area contributed by atoms with Crippen LogP contribution < -0.4 is 9.47 Å². The molecule has 0 radical (unpaired) electrons. The number of rotatable bonds is 9. The van der Waals surface area contributed by atoms with E-state index in [1.54, 1.807) is 12.1 Å². The van der Waals surface area contributed by atoms with Gasteiger partial charge < -0.3 is 9.47 Å². The number of hydrogen-bond acceptors (Lipinski definition) is 6. The molecular weight excluding hydrogens is 476 g/mol. The fourth-order valence-corrected chi connectivity index (χ4v) is 7.71. The van der Waals surface area contributed by atoms with Crippen molar-refractivity contribution in [3.8, 4) is 11.5 Å². The molecule has 0 N–H and O–H groups in total. The first kappa shape index (κ1) is 25.0. The smallest absolute Gasteiger partial charge is 0.243 e. The van der Waals surface area contributed by atoms with Gasteiger partial charge in [-0.1, -0.05) is 19.1 Å². The maximum atomic E-state index is 13.6. The number of methoxy groups -OCH3 is 2. The van der Waals surface area contributed by atoms with Gasteiger partial charge in [-0.25, -0.2) is 16.8 Å². The highest BCUT2D eigenvalue weighted by Crippen LogP contribution is 2.38. The third kappa shape index (κ3) is 4.95. The molecule has 4 rings (SSSR count). The van der Waals surface area contributed by atoms with Gasteiger partial charge >= 0.3 is 0 Å². The van der Waals surface area contributed by atoms with Crippen LogP contribution >= 0.6 is 0 Å². The molecule has 1 heterocycles. The monoisotopic (exact) mass is 508 g/mol. The minimum Gasteiger partial charge on any atom is -0.493 e. The average Bonchev–Trinajstić information content (AvgIpc) is 3.67. The van der Waals surface area contributed by atoms with Gasteiger partial charge in [0.1, 0.15) is 0 Å². The molecule has 10 heteroatoms. The molecule has 0 unspecified atom stereocenters. The zero-order valence-electron chi connectivity index (χ0n) is 19.8. The molecule has 1 aliphatic heterocycles. The van der Waals surface area contributed by atoms with Gasteiger partial charge in [-0.2, -0.15) is 8.61 Å². The van der Waals surface area contributed by atoms with Crippen molar-refractivity contribution in [3.05, 3.63) is 48.0 Å². The van der Waals surface area contributed by atoms with E-state index in [4.69, 9.17) is 9.47 Å². The molecule has 186 valence electrons. The van der Waals surface area contributed by atoms with Crippen LogP contribution in [0.25, 0.3) is 0 Å². The van der Waals surface area contributed by atoms with Crippen LogP contribution in [-0.2, 0) is 26.6 Å². The van der Waals surface area contributed by atoms with Gasteiger partial charge in [0.15, 0.2) is 11.5 Å². The number of hydrogen-bond donors (Lipinski definition) is 0. The van der Waals surface area contributed by atoms with E-state index in [2.05, 4.69) is 0 Å². The summed E-state index contributed by atoms with van der Waals surface area (Å²) in [5.41, 5.74) is 0.704. The lowest BCUT2D eigenvalue weighted by atomic mass is 10.0. The summed E-state index contributed by atoms with van der Waals surface area (Å²) in [6, 6.07) is 10.9. The van der Waals surface area contributed by atoms with Crippen LogP contribution in [0.4, 0.5) is 0 Å². The zero-order chi connectivity index (χ0) is 24.5. The van der Waals surface area contributed by atoms with E-state index in [1.807, 2.05) is 13.0 Å². The van der Waals surface area contributed by atoms with Gasteiger partial charge in [0.05, 0.1) is 24.0 Å². The van der Waals surface area contributed by atoms with Crippen LogP contribution in [-0.4, -0.2) is 58.8 Å². The molecule has 1 saturated carbocycles. The van der Waals surface area contributed by atoms with E-state index in [-0.39, 0.29) is 22.4 Å². The van der Waals surface area contributed by atoms with E-state index >= 15 is 0 Å². The van der Waals surface area contributed by atoms with Crippen molar-refractivity contribution >= 4 is 20.0 Å². The predicted molar refractivity (Wildman–Crippen MR) is 129 cm³/mol. The second-order valence-corrected chi connectivity index (χ2v) is 12.8. The Labute approximate surface area is 202 Å². The number of nitrogens with zero attached hydrogens (tertiary/aromatic N) is 2. The Bertz CT molecular complexity index is 1220. The summed E-state index contributed by atoms with van der Waals surface area (Å²) in [5, 5.41) is 0. The van der Waals surface area contributed by atoms with Gasteiger partial charge in [-0.15, -0.1) is 0 Å². The average molecular weight is 509 g/mol. The molecule has 0 aromatic heterocycles. The van der Waals surface area contributed by atoms with Crippen molar-refractivity contribution in [1.82, 2.24) is 8.61 Å². The Hall–Kier alpha value is -2.14. The highest BCUT2D eigenvalue weighted by atomic mass is 32.2. The molecule has 1 aliphatic carbocycles. The largest absolute Gasteiger partial charge is 0.493 e. The van der Waals surface area contributed by atoms with E-state index in [0.29, 0.717) is 36.1 Å². The van der Waals surface area contributed by atoms with Crippen LogP contribution in [0, 0.1) is 5.92 Å². The van der Waals surface area contributed by atoms with Crippen LogP contribution in [0.5, 0.6) is 11.5 Å². The van der Waals surface area contributed by atoms with Crippen LogP contribution in [0.15, 0.2) is 52.3 Å². The number of ether oxygens (including phenoxy) is 2. The van der Waals surface area contributed by atoms with Crippen LogP contribution in [0.3, 0.4) is 0 Å². The first-order valence-corrected chi connectivity index (χ1v) is 14.4. The summed E-state index contributed by atoms with van der Waals surface area (Å²) in [6.07, 6.45) is 3.41. The topological polar surface area (TPSA) is 93.2 Å². The number of piperidine rings is 1. The Balaban J connectivity index is 1.60. The quantitative estimate of drug-likeness (QED) is 0.515. The molecule has 0 spiro atoms. The van der Waals surface area contributed by atoms with Crippen LogP contribution in [0.1, 0.15) is 38.2 Å². The van der Waals surface area contributed by atoms with Crippen LogP contribution in [0.2, 0.25) is 0 Å². The van der Waals surface area contributed by atoms with E-state index in [1.165, 1.54) is 47.1 Å². The fraction of sp³-hybridized carbons (Fsp3) is 0.500. The number of sulfonamides is 2. The minimum absolute atomic E-state index is 0.0761. The SMILES string of the molecule is COc1cccc(CN(C2CC2)S(=O)(=O)c2ccc(S(=O)(=O)N3CCC[C@H](C)C3)cc2)c1OC. The third-order valence-corrected chi connectivity index (χ3v) is 10.2.